The van der Waals surface area contributed by atoms with Gasteiger partial charge in [-0.3, -0.25) is 19.1 Å². The van der Waals surface area contributed by atoms with Crippen LogP contribution in [-0.2, 0) is 16.1 Å². The first-order chi connectivity index (χ1) is 18.0. The van der Waals surface area contributed by atoms with Crippen molar-refractivity contribution >= 4 is 28.4 Å². The summed E-state index contributed by atoms with van der Waals surface area (Å²) in [6.45, 7) is 4.06. The first-order valence-corrected chi connectivity index (χ1v) is 12.3. The van der Waals surface area contributed by atoms with Crippen LogP contribution >= 0.6 is 0 Å². The highest BCUT2D eigenvalue weighted by Gasteiger charge is 2.21. The van der Waals surface area contributed by atoms with Gasteiger partial charge in [0.25, 0.3) is 0 Å². The first-order valence-electron chi connectivity index (χ1n) is 12.3. The Morgan fingerprint density at radius 1 is 1.03 bits per heavy atom. The lowest BCUT2D eigenvalue weighted by molar-refractivity contribution is -0.139. The summed E-state index contributed by atoms with van der Waals surface area (Å²) in [5.74, 6) is 6.43. The summed E-state index contributed by atoms with van der Waals surface area (Å²) in [5.41, 5.74) is 4.33. The molecule has 0 unspecified atom stereocenters. The second-order valence-corrected chi connectivity index (χ2v) is 8.86. The molecule has 2 heterocycles. The zero-order valence-corrected chi connectivity index (χ0v) is 21.6. The van der Waals surface area contributed by atoms with E-state index < -0.39 is 0 Å². The van der Waals surface area contributed by atoms with Crippen LogP contribution in [0.25, 0.3) is 16.5 Å². The van der Waals surface area contributed by atoms with Crippen molar-refractivity contribution in [1.82, 2.24) is 9.47 Å². The number of aromatic nitrogens is 1. The molecule has 1 aliphatic rings. The molecule has 7 heteroatoms. The van der Waals surface area contributed by atoms with Crippen molar-refractivity contribution in [1.29, 1.82) is 0 Å². The monoisotopic (exact) mass is 500 g/mol. The Morgan fingerprint density at radius 3 is 2.46 bits per heavy atom. The van der Waals surface area contributed by atoms with Crippen molar-refractivity contribution in [2.24, 2.45) is 0 Å². The van der Waals surface area contributed by atoms with Gasteiger partial charge >= 0.3 is 5.97 Å². The molecule has 37 heavy (non-hydrogen) atoms. The number of methoxy groups -OCH3 is 2. The molecule has 0 aliphatic carbocycles. The van der Waals surface area contributed by atoms with E-state index in [2.05, 4.69) is 47.1 Å². The zero-order chi connectivity index (χ0) is 26.2. The molecule has 0 amide bonds. The normalized spacial score (nSPS) is 13.4. The van der Waals surface area contributed by atoms with Gasteiger partial charge in [-0.05, 0) is 23.6 Å². The van der Waals surface area contributed by atoms with Crippen molar-refractivity contribution in [3.63, 3.8) is 0 Å². The standard InChI is InChI=1S/C30H32N2O5/c1-22(33)37-17-9-5-8-12-30(34)32-21-26(25-18-28(35-2)29(36-3)19-27(25)32)24-13-15-31(16-14-24)20-23-10-6-4-7-11-23/h4,6-7,10-11,13,18-19,21H,8,12,14-17,20H2,1-3H3. The van der Waals surface area contributed by atoms with Crippen LogP contribution in [0.15, 0.2) is 54.7 Å². The van der Waals surface area contributed by atoms with Crippen molar-refractivity contribution in [3.05, 3.63) is 65.9 Å². The smallest absolute Gasteiger partial charge is 0.303 e. The van der Waals surface area contributed by atoms with Crippen molar-refractivity contribution in [2.45, 2.75) is 32.7 Å². The molecule has 0 saturated carbocycles. The molecule has 192 valence electrons. The number of hydrogen-bond acceptors (Lipinski definition) is 6. The van der Waals surface area contributed by atoms with Gasteiger partial charge < -0.3 is 14.2 Å². The van der Waals surface area contributed by atoms with Gasteiger partial charge in [-0.15, -0.1) is 0 Å². The fourth-order valence-electron chi connectivity index (χ4n) is 4.52. The molecular formula is C30H32N2O5. The van der Waals surface area contributed by atoms with Crippen LogP contribution in [0.3, 0.4) is 0 Å². The second kappa shape index (κ2) is 12.3. The number of nitrogens with zero attached hydrogens (tertiary/aromatic N) is 2. The number of carbonyl (C=O) groups excluding carboxylic acids is 2. The predicted octanol–water partition coefficient (Wildman–Crippen LogP) is 4.93. The molecule has 0 bridgehead atoms. The van der Waals surface area contributed by atoms with Gasteiger partial charge in [0.15, 0.2) is 18.1 Å². The Balaban J connectivity index is 1.58. The molecule has 3 aromatic rings. The lowest BCUT2D eigenvalue weighted by Gasteiger charge is -2.26. The molecule has 1 aromatic heterocycles. The van der Waals surface area contributed by atoms with Gasteiger partial charge in [0.2, 0.25) is 5.91 Å². The minimum absolute atomic E-state index is 0.0343. The number of fused-ring (bicyclic) bond motifs is 1. The minimum Gasteiger partial charge on any atom is -0.493 e. The summed E-state index contributed by atoms with van der Waals surface area (Å²) in [7, 11) is 3.20. The van der Waals surface area contributed by atoms with E-state index in [1.165, 1.54) is 18.1 Å². The van der Waals surface area contributed by atoms with E-state index in [0.717, 1.165) is 42.5 Å². The lowest BCUT2D eigenvalue weighted by atomic mass is 9.98. The van der Waals surface area contributed by atoms with Crippen LogP contribution in [0.2, 0.25) is 0 Å². The number of rotatable bonds is 8. The van der Waals surface area contributed by atoms with Crippen molar-refractivity contribution in [3.8, 4) is 23.3 Å². The van der Waals surface area contributed by atoms with Crippen LogP contribution < -0.4 is 9.47 Å². The fraction of sp³-hybridized carbons (Fsp3) is 0.333. The van der Waals surface area contributed by atoms with Crippen molar-refractivity contribution in [2.75, 3.05) is 33.9 Å². The third-order valence-electron chi connectivity index (χ3n) is 6.40. The highest BCUT2D eigenvalue weighted by molar-refractivity contribution is 6.01. The van der Waals surface area contributed by atoms with Gasteiger partial charge in [0.05, 0.1) is 19.7 Å². The first kappa shape index (κ1) is 26.1. The third kappa shape index (κ3) is 6.41. The summed E-state index contributed by atoms with van der Waals surface area (Å²) < 4.78 is 17.6. The van der Waals surface area contributed by atoms with Crippen LogP contribution in [-0.4, -0.2) is 55.3 Å². The highest BCUT2D eigenvalue weighted by atomic mass is 16.5. The molecule has 0 atom stereocenters. The summed E-state index contributed by atoms with van der Waals surface area (Å²) in [4.78, 5) is 26.5. The molecule has 7 nitrogen and oxygen atoms in total. The van der Waals surface area contributed by atoms with Crippen LogP contribution in [0.1, 0.15) is 42.1 Å². The molecule has 0 N–H and O–H groups in total. The summed E-state index contributed by atoms with van der Waals surface area (Å²) in [5, 5.41) is 0.953. The largest absolute Gasteiger partial charge is 0.493 e. The topological polar surface area (TPSA) is 70.0 Å². The molecular weight excluding hydrogens is 468 g/mol. The Bertz CT molecular complexity index is 1360. The Kier molecular flexibility index (Phi) is 8.65. The van der Waals surface area contributed by atoms with Gasteiger partial charge in [-0.25, -0.2) is 0 Å². The maximum atomic E-state index is 13.2. The van der Waals surface area contributed by atoms with Crippen molar-refractivity contribution < 1.29 is 23.8 Å². The number of esters is 1. The minimum atomic E-state index is -0.374. The van der Waals surface area contributed by atoms with Crippen LogP contribution in [0, 0.1) is 11.8 Å². The molecule has 0 radical (unpaired) electrons. The Labute approximate surface area is 217 Å². The average Bonchev–Trinajstić information content (AvgIpc) is 3.29. The van der Waals surface area contributed by atoms with E-state index >= 15 is 0 Å². The Hall–Kier alpha value is -4.02. The number of carbonyl (C=O) groups is 2. The Morgan fingerprint density at radius 2 is 1.78 bits per heavy atom. The van der Waals surface area contributed by atoms with Gasteiger partial charge in [0.1, 0.15) is 0 Å². The van der Waals surface area contributed by atoms with Crippen LogP contribution in [0.5, 0.6) is 11.5 Å². The van der Waals surface area contributed by atoms with E-state index in [4.69, 9.17) is 14.2 Å². The number of hydrogen-bond donors (Lipinski definition) is 0. The summed E-state index contributed by atoms with van der Waals surface area (Å²) >= 11 is 0. The van der Waals surface area contributed by atoms with E-state index in [-0.39, 0.29) is 24.9 Å². The predicted molar refractivity (Wildman–Crippen MR) is 144 cm³/mol. The van der Waals surface area contributed by atoms with Gasteiger partial charge in [-0.1, -0.05) is 48.2 Å². The molecule has 4 rings (SSSR count). The number of ether oxygens (including phenoxy) is 3. The molecule has 0 fully saturated rings. The molecule has 2 aromatic carbocycles. The van der Waals surface area contributed by atoms with Crippen LogP contribution in [0.4, 0.5) is 0 Å². The molecule has 0 spiro atoms. The van der Waals surface area contributed by atoms with E-state index in [0.29, 0.717) is 17.9 Å². The third-order valence-corrected chi connectivity index (χ3v) is 6.40. The van der Waals surface area contributed by atoms with E-state index in [1.54, 1.807) is 18.8 Å². The maximum Gasteiger partial charge on any atom is 0.303 e. The SMILES string of the molecule is COc1cc2c(C3=CCN(Cc4ccccc4)CC3)cn(C(=O)CCC#CCOC(C)=O)c2cc1OC. The fourth-order valence-corrected chi connectivity index (χ4v) is 4.52. The number of benzene rings is 2. The highest BCUT2D eigenvalue weighted by Crippen LogP contribution is 2.38. The molecule has 1 aliphatic heterocycles. The average molecular weight is 501 g/mol. The van der Waals surface area contributed by atoms with Gasteiger partial charge in [-0.2, -0.15) is 0 Å². The quantitative estimate of drug-likeness (QED) is 0.323. The summed E-state index contributed by atoms with van der Waals surface area (Å²) in [6, 6.07) is 14.3. The van der Waals surface area contributed by atoms with E-state index in [9.17, 15) is 9.59 Å². The molecule has 0 saturated heterocycles. The summed E-state index contributed by atoms with van der Waals surface area (Å²) in [6.07, 6.45) is 5.69. The van der Waals surface area contributed by atoms with E-state index in [1.807, 2.05) is 24.4 Å². The van der Waals surface area contributed by atoms with Gasteiger partial charge in [0, 0.05) is 62.6 Å². The zero-order valence-electron chi connectivity index (χ0n) is 21.6. The lowest BCUT2D eigenvalue weighted by Crippen LogP contribution is -2.27. The maximum absolute atomic E-state index is 13.2. The second-order valence-electron chi connectivity index (χ2n) is 8.86.